The number of fused-ring (bicyclic) bond motifs is 2. The summed E-state index contributed by atoms with van der Waals surface area (Å²) in [5.74, 6) is 0.460. The number of β-amino-alcohol motifs (C(OH)–C–C–N with tert-alkyl or cyclic N) is 1. The molecule has 2 fully saturated rings. The summed E-state index contributed by atoms with van der Waals surface area (Å²) in [5, 5.41) is 21.7. The van der Waals surface area contributed by atoms with Gasteiger partial charge < -0.3 is 29.6 Å². The number of hydrogen-bond acceptors (Lipinski definition) is 7. The van der Waals surface area contributed by atoms with Crippen LogP contribution in [-0.4, -0.2) is 95.0 Å². The normalized spacial score (nSPS) is 15.1. The van der Waals surface area contributed by atoms with Crippen molar-refractivity contribution in [3.63, 3.8) is 0 Å². The van der Waals surface area contributed by atoms with E-state index in [1.54, 1.807) is 0 Å². The number of aromatic amines is 1. The van der Waals surface area contributed by atoms with Gasteiger partial charge in [-0.05, 0) is 99.8 Å². The summed E-state index contributed by atoms with van der Waals surface area (Å²) in [6, 6.07) is 22.2. The lowest BCUT2D eigenvalue weighted by atomic mass is 9.98. The topological polar surface area (TPSA) is 111 Å². The SMILES string of the molecule is Cc1cnc(OCCN2CCCC2)cc1-c1cccc2c(CCCOc3cccc4ccccc34)c(C(=O)O)[nH]c12.OCCN1CCCC1. The summed E-state index contributed by atoms with van der Waals surface area (Å²) in [7, 11) is 0. The van der Waals surface area contributed by atoms with Crippen LogP contribution in [0.2, 0.25) is 0 Å². The average molecular weight is 665 g/mol. The van der Waals surface area contributed by atoms with Gasteiger partial charge in [-0.25, -0.2) is 9.78 Å². The molecule has 0 amide bonds. The quantitative estimate of drug-likeness (QED) is 0.116. The minimum Gasteiger partial charge on any atom is -0.493 e. The van der Waals surface area contributed by atoms with Crippen LogP contribution in [0.15, 0.2) is 72.9 Å². The van der Waals surface area contributed by atoms with Crippen LogP contribution in [0.5, 0.6) is 11.6 Å². The Morgan fingerprint density at radius 1 is 0.837 bits per heavy atom. The van der Waals surface area contributed by atoms with Crippen molar-refractivity contribution in [3.05, 3.63) is 89.7 Å². The second-order valence-electron chi connectivity index (χ2n) is 12.9. The molecule has 2 saturated heterocycles. The maximum absolute atomic E-state index is 12.3. The van der Waals surface area contributed by atoms with Crippen molar-refractivity contribution in [2.75, 3.05) is 59.1 Å². The van der Waals surface area contributed by atoms with E-state index in [0.717, 1.165) is 75.9 Å². The van der Waals surface area contributed by atoms with Crippen molar-refractivity contribution in [1.82, 2.24) is 19.8 Å². The monoisotopic (exact) mass is 664 g/mol. The van der Waals surface area contributed by atoms with Gasteiger partial charge in [-0.2, -0.15) is 0 Å². The molecule has 4 heterocycles. The fourth-order valence-corrected chi connectivity index (χ4v) is 7.00. The van der Waals surface area contributed by atoms with Crippen LogP contribution in [0.4, 0.5) is 0 Å². The highest BCUT2D eigenvalue weighted by Crippen LogP contribution is 2.35. The molecule has 0 radical (unpaired) electrons. The minimum atomic E-state index is -0.963. The Morgan fingerprint density at radius 3 is 2.29 bits per heavy atom. The number of para-hydroxylation sites is 1. The number of aryl methyl sites for hydroxylation is 2. The van der Waals surface area contributed by atoms with E-state index in [1.165, 1.54) is 38.8 Å². The molecule has 0 spiro atoms. The molecule has 0 atom stereocenters. The molecular weight excluding hydrogens is 616 g/mol. The first-order valence-electron chi connectivity index (χ1n) is 17.6. The number of nitrogens with zero attached hydrogens (tertiary/aromatic N) is 3. The maximum atomic E-state index is 12.3. The minimum absolute atomic E-state index is 0.228. The number of benzene rings is 3. The van der Waals surface area contributed by atoms with Gasteiger partial charge in [-0.3, -0.25) is 4.90 Å². The van der Waals surface area contributed by atoms with E-state index in [2.05, 4.69) is 38.0 Å². The highest BCUT2D eigenvalue weighted by molar-refractivity contribution is 6.03. The zero-order chi connectivity index (χ0) is 34.0. The Kier molecular flexibility index (Phi) is 11.8. The first kappa shape index (κ1) is 34.4. The van der Waals surface area contributed by atoms with E-state index in [1.807, 2.05) is 61.7 Å². The van der Waals surface area contributed by atoms with E-state index in [-0.39, 0.29) is 5.69 Å². The number of rotatable bonds is 13. The number of nitrogens with one attached hydrogen (secondary N) is 1. The number of aromatic carboxylic acids is 1. The van der Waals surface area contributed by atoms with Gasteiger partial charge in [0.15, 0.2) is 0 Å². The van der Waals surface area contributed by atoms with Crippen molar-refractivity contribution in [3.8, 4) is 22.8 Å². The molecule has 258 valence electrons. The van der Waals surface area contributed by atoms with Gasteiger partial charge in [0.2, 0.25) is 5.88 Å². The summed E-state index contributed by atoms with van der Waals surface area (Å²) >= 11 is 0. The lowest BCUT2D eigenvalue weighted by molar-refractivity contribution is 0.0690. The van der Waals surface area contributed by atoms with Gasteiger partial charge in [-0.1, -0.05) is 54.6 Å². The molecule has 2 aliphatic heterocycles. The van der Waals surface area contributed by atoms with Gasteiger partial charge in [-0.15, -0.1) is 0 Å². The second kappa shape index (κ2) is 16.8. The van der Waals surface area contributed by atoms with Crippen LogP contribution in [0.25, 0.3) is 32.8 Å². The summed E-state index contributed by atoms with van der Waals surface area (Å²) in [6.07, 6.45) is 8.24. The molecule has 0 unspecified atom stereocenters. The fourth-order valence-electron chi connectivity index (χ4n) is 7.00. The molecule has 0 saturated carbocycles. The molecule has 49 heavy (non-hydrogen) atoms. The standard InChI is InChI=1S/C34H35N3O4.C6H13NO/c1-23-22-35-31(41-20-18-37-16-4-5-17-37)21-29(23)28-13-7-12-26-27(33(34(38)39)36-32(26)28)14-8-19-40-30-15-6-10-24-9-2-3-11-25(24)30;8-6-5-7-3-1-2-4-7/h2-3,6-7,9-13,15,21-22,36H,4-5,8,14,16-20H2,1H3,(H,38,39);8H,1-6H2. The number of hydrogen-bond donors (Lipinski definition) is 3. The van der Waals surface area contributed by atoms with E-state index in [0.29, 0.717) is 38.5 Å². The first-order valence-corrected chi connectivity index (χ1v) is 17.6. The Bertz CT molecular complexity index is 1840. The molecule has 0 aliphatic carbocycles. The highest BCUT2D eigenvalue weighted by atomic mass is 16.5. The molecule has 3 N–H and O–H groups in total. The predicted octanol–water partition coefficient (Wildman–Crippen LogP) is 6.95. The van der Waals surface area contributed by atoms with Gasteiger partial charge in [0.1, 0.15) is 18.1 Å². The lowest BCUT2D eigenvalue weighted by Gasteiger charge is -2.15. The number of aliphatic hydroxyl groups is 1. The smallest absolute Gasteiger partial charge is 0.352 e. The Labute approximate surface area is 288 Å². The van der Waals surface area contributed by atoms with E-state index in [4.69, 9.17) is 14.6 Å². The Hall–Kier alpha value is -4.44. The van der Waals surface area contributed by atoms with Crippen molar-refractivity contribution in [2.45, 2.75) is 45.4 Å². The number of carboxylic acid groups (broad SMARTS) is 1. The predicted molar refractivity (Wildman–Crippen MR) is 195 cm³/mol. The molecule has 2 aliphatic rings. The Balaban J connectivity index is 0.000000459. The number of pyridine rings is 1. The van der Waals surface area contributed by atoms with Crippen LogP contribution < -0.4 is 9.47 Å². The highest BCUT2D eigenvalue weighted by Gasteiger charge is 2.20. The second-order valence-corrected chi connectivity index (χ2v) is 12.9. The number of carbonyl (C=O) groups is 1. The number of H-pyrrole nitrogens is 1. The molecule has 0 bridgehead atoms. The zero-order valence-corrected chi connectivity index (χ0v) is 28.5. The number of aliphatic hydroxyl groups excluding tert-OH is 1. The van der Waals surface area contributed by atoms with Gasteiger partial charge in [0.05, 0.1) is 18.7 Å². The largest absolute Gasteiger partial charge is 0.493 e. The third kappa shape index (κ3) is 8.60. The molecule has 2 aromatic heterocycles. The molecule has 3 aromatic carbocycles. The zero-order valence-electron chi connectivity index (χ0n) is 28.5. The molecule has 9 heteroatoms. The number of ether oxygens (including phenoxy) is 2. The van der Waals surface area contributed by atoms with Gasteiger partial charge in [0, 0.05) is 41.7 Å². The molecule has 5 aromatic rings. The molecule has 9 nitrogen and oxygen atoms in total. The summed E-state index contributed by atoms with van der Waals surface area (Å²) < 4.78 is 12.2. The van der Waals surface area contributed by atoms with Crippen molar-refractivity contribution >= 4 is 27.6 Å². The van der Waals surface area contributed by atoms with Crippen LogP contribution in [-0.2, 0) is 6.42 Å². The number of aromatic nitrogens is 2. The van der Waals surface area contributed by atoms with Crippen molar-refractivity contribution in [2.24, 2.45) is 0 Å². The third-order valence-electron chi connectivity index (χ3n) is 9.57. The average Bonchev–Trinajstić information content (AvgIpc) is 3.91. The van der Waals surface area contributed by atoms with E-state index >= 15 is 0 Å². The van der Waals surface area contributed by atoms with Crippen molar-refractivity contribution in [1.29, 1.82) is 0 Å². The number of likely N-dealkylation sites (tertiary alicyclic amines) is 2. The van der Waals surface area contributed by atoms with Gasteiger partial charge >= 0.3 is 5.97 Å². The Morgan fingerprint density at radius 2 is 1.53 bits per heavy atom. The van der Waals surface area contributed by atoms with Gasteiger partial charge in [0.25, 0.3) is 0 Å². The third-order valence-corrected chi connectivity index (χ3v) is 9.57. The first-order chi connectivity index (χ1) is 24.0. The van der Waals surface area contributed by atoms with Crippen LogP contribution in [0, 0.1) is 6.92 Å². The molecule has 7 rings (SSSR count). The van der Waals surface area contributed by atoms with Crippen molar-refractivity contribution < 1.29 is 24.5 Å². The van der Waals surface area contributed by atoms with E-state index in [9.17, 15) is 9.90 Å². The maximum Gasteiger partial charge on any atom is 0.352 e. The van der Waals surface area contributed by atoms with Crippen LogP contribution >= 0.6 is 0 Å². The summed E-state index contributed by atoms with van der Waals surface area (Å²) in [5.41, 5.74) is 4.75. The van der Waals surface area contributed by atoms with E-state index < -0.39 is 5.97 Å². The lowest BCUT2D eigenvalue weighted by Crippen LogP contribution is -2.25. The van der Waals surface area contributed by atoms with Crippen LogP contribution in [0.1, 0.15) is 53.7 Å². The summed E-state index contributed by atoms with van der Waals surface area (Å²) in [4.78, 5) is 24.7. The molecular formula is C40H48N4O5. The number of carboxylic acids is 1. The fraction of sp³-hybridized carbons (Fsp3) is 0.400. The van der Waals surface area contributed by atoms with Crippen LogP contribution in [0.3, 0.4) is 0 Å². The summed E-state index contributed by atoms with van der Waals surface area (Å²) in [6.45, 7) is 9.84.